The second kappa shape index (κ2) is 7.90. The molecule has 0 bridgehead atoms. The topological polar surface area (TPSA) is 65.5 Å². The Morgan fingerprint density at radius 3 is 1.54 bits per heavy atom. The highest BCUT2D eigenvalue weighted by atomic mass is 16.6. The van der Waals surface area contributed by atoms with E-state index < -0.39 is 23.1 Å². The molecule has 0 spiro atoms. The Bertz CT molecular complexity index is 593. The molecule has 0 fully saturated rings. The summed E-state index contributed by atoms with van der Waals surface area (Å²) < 4.78 is 10.4. The van der Waals surface area contributed by atoms with Crippen molar-refractivity contribution in [1.29, 1.82) is 0 Å². The maximum absolute atomic E-state index is 11.7. The molecule has 0 radical (unpaired) electrons. The van der Waals surface area contributed by atoms with E-state index in [1.54, 1.807) is 30.6 Å². The average Bonchev–Trinajstić information content (AvgIpc) is 2.40. The Morgan fingerprint density at radius 2 is 1.21 bits per heavy atom. The van der Waals surface area contributed by atoms with Crippen LogP contribution in [-0.2, 0) is 19.1 Å². The first-order chi connectivity index (χ1) is 10.9. The van der Waals surface area contributed by atoms with Crippen LogP contribution in [0.3, 0.4) is 0 Å². The number of esters is 2. The fourth-order valence-corrected chi connectivity index (χ4v) is 1.66. The fraction of sp³-hybridized carbons (Fsp3) is 0.421. The van der Waals surface area contributed by atoms with E-state index in [9.17, 15) is 9.59 Å². The van der Waals surface area contributed by atoms with Crippen molar-refractivity contribution in [2.45, 2.75) is 52.7 Å². The normalized spacial score (nSPS) is 12.6. The number of pyridine rings is 1. The van der Waals surface area contributed by atoms with Gasteiger partial charge in [0.1, 0.15) is 11.2 Å². The van der Waals surface area contributed by atoms with Gasteiger partial charge in [-0.25, -0.2) is 9.59 Å². The number of hydrogen-bond donors (Lipinski definition) is 0. The van der Waals surface area contributed by atoms with Gasteiger partial charge in [-0.15, -0.1) is 0 Å². The molecule has 0 unspecified atom stereocenters. The predicted molar refractivity (Wildman–Crippen MR) is 94.0 cm³/mol. The first kappa shape index (κ1) is 19.6. The molecule has 0 atom stereocenters. The minimum Gasteiger partial charge on any atom is -0.457 e. The van der Waals surface area contributed by atoms with Crippen LogP contribution in [0.2, 0.25) is 0 Å². The third kappa shape index (κ3) is 8.88. The lowest BCUT2D eigenvalue weighted by Crippen LogP contribution is -2.22. The van der Waals surface area contributed by atoms with Crippen molar-refractivity contribution in [1.82, 2.24) is 4.98 Å². The van der Waals surface area contributed by atoms with E-state index in [0.29, 0.717) is 0 Å². The average molecular weight is 331 g/mol. The van der Waals surface area contributed by atoms with Gasteiger partial charge in [0.25, 0.3) is 0 Å². The molecule has 0 saturated heterocycles. The van der Waals surface area contributed by atoms with Gasteiger partial charge >= 0.3 is 11.9 Å². The predicted octanol–water partition coefficient (Wildman–Crippen LogP) is 3.79. The summed E-state index contributed by atoms with van der Waals surface area (Å²) in [7, 11) is 0. The molecule has 0 amide bonds. The molecule has 130 valence electrons. The highest BCUT2D eigenvalue weighted by Gasteiger charge is 2.14. The van der Waals surface area contributed by atoms with E-state index in [0.717, 1.165) is 11.1 Å². The minimum atomic E-state index is -0.530. The second-order valence-corrected chi connectivity index (χ2v) is 7.29. The zero-order valence-corrected chi connectivity index (χ0v) is 15.1. The van der Waals surface area contributed by atoms with Crippen molar-refractivity contribution in [3.05, 3.63) is 41.7 Å². The number of hydrogen-bond acceptors (Lipinski definition) is 5. The number of nitrogens with zero attached hydrogens (tertiary/aromatic N) is 1. The molecule has 1 rings (SSSR count). The molecule has 1 aromatic heterocycles. The van der Waals surface area contributed by atoms with Crippen LogP contribution in [0.25, 0.3) is 12.2 Å². The summed E-state index contributed by atoms with van der Waals surface area (Å²) in [6, 6.07) is 1.80. The summed E-state index contributed by atoms with van der Waals surface area (Å²) >= 11 is 0. The fourth-order valence-electron chi connectivity index (χ4n) is 1.66. The minimum absolute atomic E-state index is 0.419. The van der Waals surface area contributed by atoms with Crippen molar-refractivity contribution in [3.63, 3.8) is 0 Å². The van der Waals surface area contributed by atoms with Crippen LogP contribution in [0.5, 0.6) is 0 Å². The molecule has 24 heavy (non-hydrogen) atoms. The van der Waals surface area contributed by atoms with Crippen LogP contribution in [0.4, 0.5) is 0 Å². The first-order valence-electron chi connectivity index (χ1n) is 7.72. The molecule has 5 nitrogen and oxygen atoms in total. The zero-order chi connectivity index (χ0) is 18.4. The van der Waals surface area contributed by atoms with Crippen LogP contribution in [0, 0.1) is 0 Å². The van der Waals surface area contributed by atoms with Crippen LogP contribution in [0.1, 0.15) is 52.7 Å². The summed E-state index contributed by atoms with van der Waals surface area (Å²) in [5, 5.41) is 0. The van der Waals surface area contributed by atoms with Crippen LogP contribution < -0.4 is 0 Å². The summed E-state index contributed by atoms with van der Waals surface area (Å²) in [4.78, 5) is 27.4. The number of rotatable bonds is 4. The standard InChI is InChI=1S/C19H25NO4/c1-18(2,3)23-16(21)9-7-14-11-15(13-20-12-14)8-10-17(22)24-19(4,5)6/h7-13H,1-6H3/b9-7+,10-8+. The van der Waals surface area contributed by atoms with Crippen molar-refractivity contribution >= 4 is 24.1 Å². The van der Waals surface area contributed by atoms with Gasteiger partial charge in [-0.3, -0.25) is 4.98 Å². The molecule has 0 saturated carbocycles. The summed E-state index contributed by atoms with van der Waals surface area (Å²) in [5.41, 5.74) is 0.398. The van der Waals surface area contributed by atoms with Crippen LogP contribution in [0.15, 0.2) is 30.6 Å². The number of carbonyl (C=O) groups is 2. The molecule has 0 aliphatic heterocycles. The Kier molecular flexibility index (Phi) is 6.46. The zero-order valence-electron chi connectivity index (χ0n) is 15.1. The van der Waals surface area contributed by atoms with Gasteiger partial charge in [0.15, 0.2) is 0 Å². The quantitative estimate of drug-likeness (QED) is 0.620. The van der Waals surface area contributed by atoms with Crippen molar-refractivity contribution < 1.29 is 19.1 Å². The molecule has 0 N–H and O–H groups in total. The summed E-state index contributed by atoms with van der Waals surface area (Å²) in [6.07, 6.45) is 9.17. The molecule has 0 aliphatic carbocycles. The number of carbonyl (C=O) groups excluding carboxylic acids is 2. The Balaban J connectivity index is 2.73. The molecule has 1 aromatic rings. The third-order valence-electron chi connectivity index (χ3n) is 2.42. The molecule has 5 heteroatoms. The molecule has 0 aromatic carbocycles. The van der Waals surface area contributed by atoms with Crippen LogP contribution in [-0.4, -0.2) is 28.1 Å². The number of aromatic nitrogens is 1. The lowest BCUT2D eigenvalue weighted by Gasteiger charge is -2.17. The van der Waals surface area contributed by atoms with Gasteiger partial charge in [-0.2, -0.15) is 0 Å². The largest absolute Gasteiger partial charge is 0.457 e. The molecule has 1 heterocycles. The smallest absolute Gasteiger partial charge is 0.331 e. The summed E-state index contributed by atoms with van der Waals surface area (Å²) in [5.74, 6) is -0.839. The van der Waals surface area contributed by atoms with E-state index in [-0.39, 0.29) is 0 Å². The molecular weight excluding hydrogens is 306 g/mol. The second-order valence-electron chi connectivity index (χ2n) is 7.29. The lowest BCUT2D eigenvalue weighted by molar-refractivity contribution is -0.149. The molecule has 0 aliphatic rings. The van der Waals surface area contributed by atoms with E-state index in [2.05, 4.69) is 4.98 Å². The van der Waals surface area contributed by atoms with Gasteiger partial charge in [0.05, 0.1) is 0 Å². The maximum atomic E-state index is 11.7. The van der Waals surface area contributed by atoms with E-state index >= 15 is 0 Å². The highest BCUT2D eigenvalue weighted by Crippen LogP contribution is 2.11. The van der Waals surface area contributed by atoms with E-state index in [1.807, 2.05) is 41.5 Å². The monoisotopic (exact) mass is 331 g/mol. The third-order valence-corrected chi connectivity index (χ3v) is 2.42. The SMILES string of the molecule is CC(C)(C)OC(=O)/C=C/c1cncc(/C=C/C(=O)OC(C)(C)C)c1. The van der Waals surface area contributed by atoms with Gasteiger partial charge in [0.2, 0.25) is 0 Å². The van der Waals surface area contributed by atoms with Crippen molar-refractivity contribution in [3.8, 4) is 0 Å². The first-order valence-corrected chi connectivity index (χ1v) is 7.72. The Morgan fingerprint density at radius 1 is 0.833 bits per heavy atom. The van der Waals surface area contributed by atoms with Gasteiger partial charge in [-0.05, 0) is 70.9 Å². The van der Waals surface area contributed by atoms with Gasteiger partial charge < -0.3 is 9.47 Å². The highest BCUT2D eigenvalue weighted by molar-refractivity contribution is 5.88. The van der Waals surface area contributed by atoms with E-state index in [4.69, 9.17) is 9.47 Å². The maximum Gasteiger partial charge on any atom is 0.331 e. The van der Waals surface area contributed by atoms with Crippen molar-refractivity contribution in [2.24, 2.45) is 0 Å². The van der Waals surface area contributed by atoms with Crippen molar-refractivity contribution in [2.75, 3.05) is 0 Å². The Labute approximate surface area is 143 Å². The Hall–Kier alpha value is -2.43. The number of ether oxygens (including phenoxy) is 2. The van der Waals surface area contributed by atoms with Crippen LogP contribution >= 0.6 is 0 Å². The summed E-state index contributed by atoms with van der Waals surface area (Å²) in [6.45, 7) is 10.8. The van der Waals surface area contributed by atoms with E-state index in [1.165, 1.54) is 12.2 Å². The molecular formula is C19H25NO4. The van der Waals surface area contributed by atoms with Gasteiger partial charge in [-0.1, -0.05) is 0 Å². The lowest BCUT2D eigenvalue weighted by atomic mass is 10.1. The van der Waals surface area contributed by atoms with Gasteiger partial charge in [0, 0.05) is 24.5 Å².